The highest BCUT2D eigenvalue weighted by Gasteiger charge is 2.12. The second-order valence-electron chi connectivity index (χ2n) is 4.57. The fraction of sp³-hybridized carbons (Fsp3) is 0.188. The average Bonchev–Trinajstić information content (AvgIpc) is 2.98. The van der Waals surface area contributed by atoms with Crippen LogP contribution in [0.2, 0.25) is 0 Å². The normalized spacial score (nSPS) is 12.5. The maximum absolute atomic E-state index is 10.5. The fourth-order valence-electron chi connectivity index (χ4n) is 1.93. The molecule has 4 heteroatoms. The lowest BCUT2D eigenvalue weighted by atomic mass is 10.1. The van der Waals surface area contributed by atoms with Gasteiger partial charge in [-0.05, 0) is 42.1 Å². The van der Waals surface area contributed by atoms with Crippen molar-refractivity contribution in [1.29, 1.82) is 0 Å². The Bertz CT molecular complexity index is 587. The molecule has 1 aromatic heterocycles. The summed E-state index contributed by atoms with van der Waals surface area (Å²) < 4.78 is 0. The van der Waals surface area contributed by atoms with Crippen LogP contribution < -0.4 is 4.90 Å². The smallest absolute Gasteiger partial charge is 0.328 e. The molecule has 0 saturated carbocycles. The van der Waals surface area contributed by atoms with E-state index in [1.807, 2.05) is 24.3 Å². The van der Waals surface area contributed by atoms with Crippen LogP contribution in [0.4, 0.5) is 5.69 Å². The molecule has 0 aliphatic carbocycles. The van der Waals surface area contributed by atoms with Gasteiger partial charge in [-0.25, -0.2) is 4.79 Å². The van der Waals surface area contributed by atoms with Crippen LogP contribution in [0.5, 0.6) is 0 Å². The van der Waals surface area contributed by atoms with Gasteiger partial charge in [-0.1, -0.05) is 18.2 Å². The standard InChI is InChI=1S/C16H17NO2S/c1-12(15-4-3-11-20-15)17(2)14-8-5-13(6-9-14)7-10-16(18)19/h3-12H,1-2H3,(H,18,19). The molecule has 0 radical (unpaired) electrons. The van der Waals surface area contributed by atoms with Crippen LogP contribution in [0.25, 0.3) is 6.08 Å². The van der Waals surface area contributed by atoms with Gasteiger partial charge >= 0.3 is 5.97 Å². The van der Waals surface area contributed by atoms with Crippen molar-refractivity contribution in [3.63, 3.8) is 0 Å². The molecule has 1 N–H and O–H groups in total. The number of nitrogens with zero attached hydrogens (tertiary/aromatic N) is 1. The first-order chi connectivity index (χ1) is 9.58. The van der Waals surface area contributed by atoms with Gasteiger partial charge in [-0.2, -0.15) is 0 Å². The molecule has 1 heterocycles. The molecule has 0 bridgehead atoms. The molecule has 0 aliphatic rings. The maximum Gasteiger partial charge on any atom is 0.328 e. The van der Waals surface area contributed by atoms with E-state index in [4.69, 9.17) is 5.11 Å². The SMILES string of the molecule is CC(c1cccs1)N(C)c1ccc(C=CC(=O)O)cc1. The van der Waals surface area contributed by atoms with Crippen LogP contribution in [-0.2, 0) is 4.79 Å². The zero-order valence-corrected chi connectivity index (χ0v) is 12.3. The van der Waals surface area contributed by atoms with Crippen molar-refractivity contribution in [2.75, 3.05) is 11.9 Å². The van der Waals surface area contributed by atoms with Gasteiger partial charge in [0, 0.05) is 23.7 Å². The summed E-state index contributed by atoms with van der Waals surface area (Å²) in [5.41, 5.74) is 1.99. The molecule has 0 fully saturated rings. The summed E-state index contributed by atoms with van der Waals surface area (Å²) in [6, 6.07) is 12.4. The van der Waals surface area contributed by atoms with E-state index in [0.29, 0.717) is 6.04 Å². The van der Waals surface area contributed by atoms with Gasteiger partial charge in [0.1, 0.15) is 0 Å². The quantitative estimate of drug-likeness (QED) is 0.844. The van der Waals surface area contributed by atoms with Crippen molar-refractivity contribution in [3.8, 4) is 0 Å². The third-order valence-electron chi connectivity index (χ3n) is 3.25. The zero-order chi connectivity index (χ0) is 14.5. The summed E-state index contributed by atoms with van der Waals surface area (Å²) in [6.07, 6.45) is 2.74. The number of anilines is 1. The van der Waals surface area contributed by atoms with Crippen LogP contribution >= 0.6 is 11.3 Å². The van der Waals surface area contributed by atoms with E-state index in [-0.39, 0.29) is 0 Å². The summed E-state index contributed by atoms with van der Waals surface area (Å²) in [7, 11) is 2.06. The number of hydrogen-bond donors (Lipinski definition) is 1. The Labute approximate surface area is 122 Å². The highest BCUT2D eigenvalue weighted by atomic mass is 32.1. The van der Waals surface area contributed by atoms with Gasteiger partial charge in [-0.15, -0.1) is 11.3 Å². The number of aliphatic carboxylic acids is 1. The minimum Gasteiger partial charge on any atom is -0.478 e. The van der Waals surface area contributed by atoms with Gasteiger partial charge in [0.2, 0.25) is 0 Å². The lowest BCUT2D eigenvalue weighted by molar-refractivity contribution is -0.131. The van der Waals surface area contributed by atoms with Gasteiger partial charge in [0.05, 0.1) is 6.04 Å². The summed E-state index contributed by atoms with van der Waals surface area (Å²) in [4.78, 5) is 14.0. The first-order valence-electron chi connectivity index (χ1n) is 6.35. The van der Waals surface area contributed by atoms with Crippen molar-refractivity contribution < 1.29 is 9.90 Å². The zero-order valence-electron chi connectivity index (χ0n) is 11.5. The van der Waals surface area contributed by atoms with Crippen LogP contribution in [0, 0.1) is 0 Å². The highest BCUT2D eigenvalue weighted by molar-refractivity contribution is 7.10. The van der Waals surface area contributed by atoms with Crippen molar-refractivity contribution in [1.82, 2.24) is 0 Å². The van der Waals surface area contributed by atoms with Crippen molar-refractivity contribution in [2.45, 2.75) is 13.0 Å². The monoisotopic (exact) mass is 287 g/mol. The van der Waals surface area contributed by atoms with E-state index in [1.54, 1.807) is 17.4 Å². The molecule has 1 unspecified atom stereocenters. The Hall–Kier alpha value is -2.07. The molecule has 0 spiro atoms. The van der Waals surface area contributed by atoms with Crippen LogP contribution in [-0.4, -0.2) is 18.1 Å². The van der Waals surface area contributed by atoms with Crippen molar-refractivity contribution >= 4 is 29.1 Å². The minimum absolute atomic E-state index is 0.315. The number of carboxylic acids is 1. The molecule has 104 valence electrons. The largest absolute Gasteiger partial charge is 0.478 e. The van der Waals surface area contributed by atoms with E-state index in [0.717, 1.165) is 17.3 Å². The number of hydrogen-bond acceptors (Lipinski definition) is 3. The number of rotatable bonds is 5. The highest BCUT2D eigenvalue weighted by Crippen LogP contribution is 2.28. The minimum atomic E-state index is -0.933. The van der Waals surface area contributed by atoms with Crippen molar-refractivity contribution in [2.24, 2.45) is 0 Å². The number of thiophene rings is 1. The molecule has 2 aromatic rings. The number of benzene rings is 1. The first-order valence-corrected chi connectivity index (χ1v) is 7.23. The van der Waals surface area contributed by atoms with Crippen molar-refractivity contribution in [3.05, 3.63) is 58.3 Å². The first kappa shape index (κ1) is 14.3. The molecule has 1 atom stereocenters. The topological polar surface area (TPSA) is 40.5 Å². The molecule has 2 rings (SSSR count). The fourth-order valence-corrected chi connectivity index (χ4v) is 2.76. The molecular weight excluding hydrogens is 270 g/mol. The van der Waals surface area contributed by atoms with E-state index in [1.165, 1.54) is 4.88 Å². The molecule has 1 aromatic carbocycles. The third kappa shape index (κ3) is 3.48. The predicted octanol–water partition coefficient (Wildman–Crippen LogP) is 4.04. The lowest BCUT2D eigenvalue weighted by Crippen LogP contribution is -2.20. The van der Waals surface area contributed by atoms with Crippen LogP contribution in [0.1, 0.15) is 23.4 Å². The van der Waals surface area contributed by atoms with Crippen LogP contribution in [0.15, 0.2) is 47.9 Å². The predicted molar refractivity (Wildman–Crippen MR) is 84.2 cm³/mol. The van der Waals surface area contributed by atoms with Gasteiger partial charge < -0.3 is 10.0 Å². The maximum atomic E-state index is 10.5. The lowest BCUT2D eigenvalue weighted by Gasteiger charge is -2.26. The molecule has 20 heavy (non-hydrogen) atoms. The Morgan fingerprint density at radius 3 is 2.55 bits per heavy atom. The summed E-state index contributed by atoms with van der Waals surface area (Å²) >= 11 is 1.75. The summed E-state index contributed by atoms with van der Waals surface area (Å²) in [6.45, 7) is 2.17. The van der Waals surface area contributed by atoms with Gasteiger partial charge in [-0.3, -0.25) is 0 Å². The number of carboxylic acid groups (broad SMARTS) is 1. The Kier molecular flexibility index (Phi) is 4.58. The Balaban J connectivity index is 2.11. The Morgan fingerprint density at radius 1 is 1.30 bits per heavy atom. The van der Waals surface area contributed by atoms with Gasteiger partial charge in [0.25, 0.3) is 0 Å². The molecule has 0 saturated heterocycles. The molecule has 0 amide bonds. The summed E-state index contributed by atoms with van der Waals surface area (Å²) in [5, 5.41) is 10.7. The van der Waals surface area contributed by atoms with E-state index >= 15 is 0 Å². The average molecular weight is 287 g/mol. The van der Waals surface area contributed by atoms with Gasteiger partial charge in [0.15, 0.2) is 0 Å². The Morgan fingerprint density at radius 2 is 2.00 bits per heavy atom. The number of carbonyl (C=O) groups is 1. The molecule has 0 aliphatic heterocycles. The van der Waals surface area contributed by atoms with Crippen LogP contribution in [0.3, 0.4) is 0 Å². The molecule has 3 nitrogen and oxygen atoms in total. The molecular formula is C16H17NO2S. The van der Waals surface area contributed by atoms with E-state index in [2.05, 4.69) is 36.4 Å². The van der Waals surface area contributed by atoms with E-state index < -0.39 is 5.97 Å². The third-order valence-corrected chi connectivity index (χ3v) is 4.30. The second-order valence-corrected chi connectivity index (χ2v) is 5.54. The summed E-state index contributed by atoms with van der Waals surface area (Å²) in [5.74, 6) is -0.933. The van der Waals surface area contributed by atoms with E-state index in [9.17, 15) is 4.79 Å². The second kappa shape index (κ2) is 6.39.